The van der Waals surface area contributed by atoms with Crippen LogP contribution in [-0.2, 0) is 0 Å². The number of rotatable bonds is 10. The van der Waals surface area contributed by atoms with Crippen LogP contribution in [-0.4, -0.2) is 0 Å². The maximum Gasteiger partial charge on any atom is 0.0491 e. The fourth-order valence-corrected chi connectivity index (χ4v) is 5.28. The van der Waals surface area contributed by atoms with Crippen molar-refractivity contribution < 1.29 is 0 Å². The maximum absolute atomic E-state index is 2.39. The predicted octanol–water partition coefficient (Wildman–Crippen LogP) is 12.3. The normalized spacial score (nSPS) is 11.9. The molecule has 0 bridgehead atoms. The lowest BCUT2D eigenvalue weighted by Gasteiger charge is -2.29. The van der Waals surface area contributed by atoms with Crippen molar-refractivity contribution >= 4 is 41.4 Å². The van der Waals surface area contributed by atoms with Crippen molar-refractivity contribution in [2.75, 3.05) is 4.90 Å². The van der Waals surface area contributed by atoms with Crippen molar-refractivity contribution in [2.24, 2.45) is 0 Å². The maximum atomic E-state index is 2.39. The minimum atomic E-state index is 0.491. The van der Waals surface area contributed by atoms with Gasteiger partial charge in [0.2, 0.25) is 0 Å². The third kappa shape index (κ3) is 8.02. The third-order valence-corrected chi connectivity index (χ3v) is 7.72. The van der Waals surface area contributed by atoms with Gasteiger partial charge in [-0.25, -0.2) is 0 Å². The van der Waals surface area contributed by atoms with Gasteiger partial charge in [0.05, 0.1) is 0 Å². The topological polar surface area (TPSA) is 3.24 Å². The summed E-state index contributed by atoms with van der Waals surface area (Å²) < 4.78 is 0. The molecule has 0 atom stereocenters. The Labute approximate surface area is 263 Å². The second-order valence-electron chi connectivity index (χ2n) is 11.4. The van der Waals surface area contributed by atoms with Crippen LogP contribution >= 0.6 is 0 Å². The van der Waals surface area contributed by atoms with Crippen LogP contribution in [0.3, 0.4) is 0 Å². The fourth-order valence-electron chi connectivity index (χ4n) is 5.28. The molecule has 0 radical (unpaired) electrons. The molecule has 44 heavy (non-hydrogen) atoms. The van der Waals surface area contributed by atoms with E-state index in [1.54, 1.807) is 0 Å². The molecule has 0 amide bonds. The van der Waals surface area contributed by atoms with Crippen LogP contribution < -0.4 is 4.90 Å². The SMILES string of the molecule is Cc1cc(C=CC=Cc2ccccc2)ccc1N(c1ccc(C(C)C)cc1)c1ccc(C=CC=Cc2ccccc2)cc1C. The van der Waals surface area contributed by atoms with Gasteiger partial charge in [-0.3, -0.25) is 0 Å². The van der Waals surface area contributed by atoms with E-state index >= 15 is 0 Å². The Kier molecular flexibility index (Phi) is 10.2. The summed E-state index contributed by atoms with van der Waals surface area (Å²) in [6.45, 7) is 8.88. The van der Waals surface area contributed by atoms with Crippen LogP contribution in [0.5, 0.6) is 0 Å². The van der Waals surface area contributed by atoms with E-state index in [1.165, 1.54) is 50.3 Å². The number of nitrogens with zero attached hydrogens (tertiary/aromatic N) is 1. The van der Waals surface area contributed by atoms with E-state index in [2.05, 4.69) is 190 Å². The molecule has 1 nitrogen and oxygen atoms in total. The summed E-state index contributed by atoms with van der Waals surface area (Å²) in [7, 11) is 0. The van der Waals surface area contributed by atoms with Crippen LogP contribution in [0, 0.1) is 13.8 Å². The van der Waals surface area contributed by atoms with Gasteiger partial charge in [0, 0.05) is 17.1 Å². The second-order valence-corrected chi connectivity index (χ2v) is 11.4. The summed E-state index contributed by atoms with van der Waals surface area (Å²) in [5, 5.41) is 0. The molecule has 0 fully saturated rings. The first-order chi connectivity index (χ1) is 21.5. The summed E-state index contributed by atoms with van der Waals surface area (Å²) in [4.78, 5) is 2.39. The van der Waals surface area contributed by atoms with Crippen LogP contribution in [0.4, 0.5) is 17.1 Å². The lowest BCUT2D eigenvalue weighted by atomic mass is 10.0. The summed E-state index contributed by atoms with van der Waals surface area (Å²) in [6.07, 6.45) is 17.0. The van der Waals surface area contributed by atoms with E-state index in [-0.39, 0.29) is 0 Å². The first-order valence-corrected chi connectivity index (χ1v) is 15.4. The lowest BCUT2D eigenvalue weighted by molar-refractivity contribution is 0.866. The van der Waals surface area contributed by atoms with Gasteiger partial charge in [0.25, 0.3) is 0 Å². The Balaban J connectivity index is 1.43. The van der Waals surface area contributed by atoms with Crippen molar-refractivity contribution in [1.82, 2.24) is 0 Å². The van der Waals surface area contributed by atoms with Gasteiger partial charge in [-0.1, -0.05) is 147 Å². The smallest absolute Gasteiger partial charge is 0.0491 e. The number of benzene rings is 5. The van der Waals surface area contributed by atoms with Crippen molar-refractivity contribution in [2.45, 2.75) is 33.6 Å². The highest BCUT2D eigenvalue weighted by atomic mass is 15.1. The van der Waals surface area contributed by atoms with E-state index in [9.17, 15) is 0 Å². The van der Waals surface area contributed by atoms with Crippen molar-refractivity contribution in [3.05, 3.63) is 185 Å². The molecule has 0 saturated heterocycles. The first kappa shape index (κ1) is 30.3. The third-order valence-electron chi connectivity index (χ3n) is 7.72. The molecule has 0 saturated carbocycles. The molecule has 5 aromatic rings. The molecule has 0 spiro atoms. The largest absolute Gasteiger partial charge is 0.310 e. The number of hydrogen-bond acceptors (Lipinski definition) is 1. The van der Waals surface area contributed by atoms with E-state index in [0.717, 1.165) is 5.69 Å². The van der Waals surface area contributed by atoms with Crippen molar-refractivity contribution in [3.63, 3.8) is 0 Å². The van der Waals surface area contributed by atoms with Crippen LogP contribution in [0.15, 0.2) is 146 Å². The highest BCUT2D eigenvalue weighted by Gasteiger charge is 2.17. The standard InChI is InChI=1S/C43H41N/c1-33(2)40-25-27-41(28-26-40)44(42-29-23-38(31-34(42)3)21-13-11-19-36-15-7-5-8-16-36)43-30-24-39(32-35(43)4)22-14-12-20-37-17-9-6-10-18-37/h5-33H,1-4H3. The molecule has 0 unspecified atom stereocenters. The molecule has 0 aliphatic carbocycles. The van der Waals surface area contributed by atoms with Crippen molar-refractivity contribution in [3.8, 4) is 0 Å². The van der Waals surface area contributed by atoms with Gasteiger partial charge in [-0.05, 0) is 95.1 Å². The molecular weight excluding hydrogens is 530 g/mol. The molecule has 1 heteroatoms. The number of hydrogen-bond donors (Lipinski definition) is 0. The number of anilines is 3. The Morgan fingerprint density at radius 2 is 0.864 bits per heavy atom. The van der Waals surface area contributed by atoms with Crippen LogP contribution in [0.25, 0.3) is 24.3 Å². The first-order valence-electron chi connectivity index (χ1n) is 15.4. The Morgan fingerprint density at radius 1 is 0.455 bits per heavy atom. The minimum absolute atomic E-state index is 0.491. The monoisotopic (exact) mass is 571 g/mol. The Morgan fingerprint density at radius 3 is 1.25 bits per heavy atom. The highest BCUT2D eigenvalue weighted by Crippen LogP contribution is 2.39. The van der Waals surface area contributed by atoms with Gasteiger partial charge >= 0.3 is 0 Å². The lowest BCUT2D eigenvalue weighted by Crippen LogP contribution is -2.13. The zero-order valence-corrected chi connectivity index (χ0v) is 26.2. The number of allylic oxidation sites excluding steroid dienone is 4. The summed E-state index contributed by atoms with van der Waals surface area (Å²) in [5.41, 5.74) is 12.1. The van der Waals surface area contributed by atoms with E-state index in [4.69, 9.17) is 0 Å². The van der Waals surface area contributed by atoms with Crippen LogP contribution in [0.1, 0.15) is 58.7 Å². The van der Waals surface area contributed by atoms with E-state index < -0.39 is 0 Å². The summed E-state index contributed by atoms with van der Waals surface area (Å²) in [5.74, 6) is 0.491. The zero-order chi connectivity index (χ0) is 30.7. The van der Waals surface area contributed by atoms with Gasteiger partial charge in [-0.15, -0.1) is 0 Å². The average molecular weight is 572 g/mol. The molecule has 0 heterocycles. The van der Waals surface area contributed by atoms with Crippen molar-refractivity contribution in [1.29, 1.82) is 0 Å². The Hall–Kier alpha value is -5.14. The Bertz CT molecular complexity index is 1660. The summed E-state index contributed by atoms with van der Waals surface area (Å²) in [6, 6.07) is 43.2. The second kappa shape index (κ2) is 14.8. The van der Waals surface area contributed by atoms with Gasteiger partial charge < -0.3 is 4.90 Å². The summed E-state index contributed by atoms with van der Waals surface area (Å²) >= 11 is 0. The quantitative estimate of drug-likeness (QED) is 0.151. The molecule has 0 aliphatic rings. The fraction of sp³-hybridized carbons (Fsp3) is 0.116. The average Bonchev–Trinajstić information content (AvgIpc) is 3.04. The van der Waals surface area contributed by atoms with E-state index in [0.29, 0.717) is 5.92 Å². The highest BCUT2D eigenvalue weighted by molar-refractivity contribution is 5.81. The van der Waals surface area contributed by atoms with Gasteiger partial charge in [0.1, 0.15) is 0 Å². The molecule has 5 rings (SSSR count). The molecule has 0 aromatic heterocycles. The molecule has 0 aliphatic heterocycles. The van der Waals surface area contributed by atoms with Crippen LogP contribution in [0.2, 0.25) is 0 Å². The van der Waals surface area contributed by atoms with Gasteiger partial charge in [-0.2, -0.15) is 0 Å². The minimum Gasteiger partial charge on any atom is -0.310 e. The predicted molar refractivity (Wildman–Crippen MR) is 194 cm³/mol. The molecule has 5 aromatic carbocycles. The molecular formula is C43H41N. The molecule has 0 N–H and O–H groups in total. The number of aryl methyl sites for hydroxylation is 2. The molecule has 218 valence electrons. The van der Waals surface area contributed by atoms with Gasteiger partial charge in [0.15, 0.2) is 0 Å². The van der Waals surface area contributed by atoms with E-state index in [1.807, 2.05) is 12.1 Å². The zero-order valence-electron chi connectivity index (χ0n) is 26.2.